The number of aliphatic carboxylic acids is 1. The smallest absolute Gasteiger partial charge is 0.305 e. The lowest BCUT2D eigenvalue weighted by Gasteiger charge is -2.33. The first-order valence-electron chi connectivity index (χ1n) is 6.90. The zero-order valence-electron chi connectivity index (χ0n) is 11.0. The number of hydrogen-bond donors (Lipinski definition) is 1. The van der Waals surface area contributed by atoms with Crippen molar-refractivity contribution in [2.24, 2.45) is 0 Å². The molecule has 2 aliphatic rings. The van der Waals surface area contributed by atoms with E-state index in [4.69, 9.17) is 14.6 Å². The maximum Gasteiger partial charge on any atom is 0.305 e. The number of piperidine rings is 1. The van der Waals surface area contributed by atoms with Gasteiger partial charge in [-0.3, -0.25) is 9.59 Å². The summed E-state index contributed by atoms with van der Waals surface area (Å²) in [7, 11) is 0. The Kier molecular flexibility index (Phi) is 5.15. The first-order valence-corrected chi connectivity index (χ1v) is 6.90. The molecule has 0 aromatic rings. The van der Waals surface area contributed by atoms with Crippen molar-refractivity contribution in [3.63, 3.8) is 0 Å². The molecular formula is C13H21NO5. The Balaban J connectivity index is 1.67. The van der Waals surface area contributed by atoms with Gasteiger partial charge in [-0.25, -0.2) is 0 Å². The number of rotatable bonds is 5. The van der Waals surface area contributed by atoms with Crippen molar-refractivity contribution < 1.29 is 24.2 Å². The van der Waals surface area contributed by atoms with Crippen LogP contribution in [0.3, 0.4) is 0 Å². The summed E-state index contributed by atoms with van der Waals surface area (Å²) in [5.41, 5.74) is 0. The molecule has 0 radical (unpaired) electrons. The Hall–Kier alpha value is -1.14. The monoisotopic (exact) mass is 271 g/mol. The van der Waals surface area contributed by atoms with Gasteiger partial charge in [0.15, 0.2) is 0 Å². The van der Waals surface area contributed by atoms with Crippen LogP contribution in [0, 0.1) is 0 Å². The summed E-state index contributed by atoms with van der Waals surface area (Å²) in [6.07, 6.45) is 3.21. The third kappa shape index (κ3) is 4.18. The van der Waals surface area contributed by atoms with Crippen LogP contribution >= 0.6 is 0 Å². The molecule has 108 valence electrons. The minimum atomic E-state index is -0.842. The van der Waals surface area contributed by atoms with Crippen LogP contribution in [0.5, 0.6) is 0 Å². The normalized spacial score (nSPS) is 24.6. The highest BCUT2D eigenvalue weighted by molar-refractivity contribution is 5.81. The number of amides is 1. The van der Waals surface area contributed by atoms with Crippen LogP contribution in [0.25, 0.3) is 0 Å². The lowest BCUT2D eigenvalue weighted by Crippen LogP contribution is -2.45. The molecule has 0 aliphatic carbocycles. The average Bonchev–Trinajstić information content (AvgIpc) is 2.92. The number of carbonyl (C=O) groups is 2. The summed E-state index contributed by atoms with van der Waals surface area (Å²) in [5, 5.41) is 8.53. The number of carboxylic acids is 1. The molecule has 2 fully saturated rings. The van der Waals surface area contributed by atoms with Gasteiger partial charge >= 0.3 is 5.97 Å². The minimum absolute atomic E-state index is 0.0368. The quantitative estimate of drug-likeness (QED) is 0.794. The second-order valence-electron chi connectivity index (χ2n) is 5.04. The SMILES string of the molecule is O=C(O)CCOC1CCN(C(=O)C2CCCO2)CC1. The molecule has 19 heavy (non-hydrogen) atoms. The van der Waals surface area contributed by atoms with E-state index in [0.717, 1.165) is 25.7 Å². The van der Waals surface area contributed by atoms with Gasteiger partial charge in [0.1, 0.15) is 6.10 Å². The highest BCUT2D eigenvalue weighted by atomic mass is 16.5. The maximum atomic E-state index is 12.1. The summed E-state index contributed by atoms with van der Waals surface area (Å²) < 4.78 is 10.9. The molecule has 2 aliphatic heterocycles. The largest absolute Gasteiger partial charge is 0.481 e. The van der Waals surface area contributed by atoms with Crippen molar-refractivity contribution in [2.75, 3.05) is 26.3 Å². The van der Waals surface area contributed by atoms with E-state index in [9.17, 15) is 9.59 Å². The van der Waals surface area contributed by atoms with Gasteiger partial charge in [0.25, 0.3) is 5.91 Å². The van der Waals surface area contributed by atoms with Gasteiger partial charge in [-0.2, -0.15) is 0 Å². The van der Waals surface area contributed by atoms with E-state index >= 15 is 0 Å². The molecule has 1 unspecified atom stereocenters. The summed E-state index contributed by atoms with van der Waals surface area (Å²) in [6.45, 7) is 2.29. The van der Waals surface area contributed by atoms with E-state index in [1.165, 1.54) is 0 Å². The molecule has 0 aromatic carbocycles. The number of ether oxygens (including phenoxy) is 2. The molecule has 2 saturated heterocycles. The van der Waals surface area contributed by atoms with E-state index in [-0.39, 0.29) is 31.1 Å². The van der Waals surface area contributed by atoms with Crippen molar-refractivity contribution in [3.05, 3.63) is 0 Å². The lowest BCUT2D eigenvalue weighted by atomic mass is 10.1. The molecule has 0 bridgehead atoms. The van der Waals surface area contributed by atoms with Crippen molar-refractivity contribution >= 4 is 11.9 Å². The fourth-order valence-corrected chi connectivity index (χ4v) is 2.53. The molecule has 0 aromatic heterocycles. The predicted molar refractivity (Wildman–Crippen MR) is 66.8 cm³/mol. The van der Waals surface area contributed by atoms with Gasteiger partial charge in [-0.05, 0) is 25.7 Å². The molecule has 1 atom stereocenters. The van der Waals surface area contributed by atoms with Crippen LogP contribution in [-0.2, 0) is 19.1 Å². The summed E-state index contributed by atoms with van der Waals surface area (Å²) >= 11 is 0. The summed E-state index contributed by atoms with van der Waals surface area (Å²) in [4.78, 5) is 24.3. The Morgan fingerprint density at radius 1 is 1.26 bits per heavy atom. The van der Waals surface area contributed by atoms with E-state index < -0.39 is 5.97 Å². The number of hydrogen-bond acceptors (Lipinski definition) is 4. The molecule has 0 spiro atoms. The number of carbonyl (C=O) groups excluding carboxylic acids is 1. The van der Waals surface area contributed by atoms with Crippen molar-refractivity contribution in [2.45, 2.75) is 44.3 Å². The molecule has 1 amide bonds. The van der Waals surface area contributed by atoms with E-state index in [0.29, 0.717) is 19.7 Å². The Morgan fingerprint density at radius 3 is 2.58 bits per heavy atom. The van der Waals surface area contributed by atoms with Gasteiger partial charge in [0.05, 0.1) is 19.1 Å². The molecule has 6 nitrogen and oxygen atoms in total. The first kappa shape index (κ1) is 14.3. The zero-order valence-corrected chi connectivity index (χ0v) is 11.0. The molecule has 2 rings (SSSR count). The van der Waals surface area contributed by atoms with Crippen molar-refractivity contribution in [3.8, 4) is 0 Å². The zero-order chi connectivity index (χ0) is 13.7. The second kappa shape index (κ2) is 6.86. The maximum absolute atomic E-state index is 12.1. The van der Waals surface area contributed by atoms with Gasteiger partial charge in [-0.1, -0.05) is 0 Å². The van der Waals surface area contributed by atoms with E-state index in [2.05, 4.69) is 0 Å². The minimum Gasteiger partial charge on any atom is -0.481 e. The number of carboxylic acid groups (broad SMARTS) is 1. The molecule has 0 saturated carbocycles. The van der Waals surface area contributed by atoms with Crippen LogP contribution in [-0.4, -0.2) is 60.4 Å². The van der Waals surface area contributed by atoms with E-state index in [1.807, 2.05) is 4.90 Å². The van der Waals surface area contributed by atoms with E-state index in [1.54, 1.807) is 0 Å². The third-order valence-corrected chi connectivity index (χ3v) is 3.63. The lowest BCUT2D eigenvalue weighted by molar-refractivity contribution is -0.143. The van der Waals surface area contributed by atoms with Crippen molar-refractivity contribution in [1.82, 2.24) is 4.90 Å². The fourth-order valence-electron chi connectivity index (χ4n) is 2.53. The molecule has 2 heterocycles. The number of nitrogens with zero attached hydrogens (tertiary/aromatic N) is 1. The topological polar surface area (TPSA) is 76.1 Å². The van der Waals surface area contributed by atoms with Crippen LogP contribution in [0.15, 0.2) is 0 Å². The first-order chi connectivity index (χ1) is 9.16. The fraction of sp³-hybridized carbons (Fsp3) is 0.846. The van der Waals surface area contributed by atoms with Gasteiger partial charge in [0.2, 0.25) is 0 Å². The van der Waals surface area contributed by atoms with Crippen LogP contribution in [0.2, 0.25) is 0 Å². The Labute approximate surface area is 112 Å². The van der Waals surface area contributed by atoms with Crippen LogP contribution < -0.4 is 0 Å². The van der Waals surface area contributed by atoms with Gasteiger partial charge in [0, 0.05) is 19.7 Å². The molecular weight excluding hydrogens is 250 g/mol. The van der Waals surface area contributed by atoms with Crippen molar-refractivity contribution in [1.29, 1.82) is 0 Å². The number of likely N-dealkylation sites (tertiary alicyclic amines) is 1. The van der Waals surface area contributed by atoms with Crippen LogP contribution in [0.1, 0.15) is 32.1 Å². The summed E-state index contributed by atoms with van der Waals surface area (Å²) in [5.74, 6) is -0.743. The standard InChI is InChI=1S/C13H21NO5/c15-12(16)5-9-18-10-3-6-14(7-4-10)13(17)11-2-1-8-19-11/h10-11H,1-9H2,(H,15,16). The highest BCUT2D eigenvalue weighted by Gasteiger charge is 2.30. The molecule has 6 heteroatoms. The Bertz CT molecular complexity index is 319. The second-order valence-corrected chi connectivity index (χ2v) is 5.04. The van der Waals surface area contributed by atoms with Gasteiger partial charge in [-0.15, -0.1) is 0 Å². The highest BCUT2D eigenvalue weighted by Crippen LogP contribution is 2.19. The summed E-state index contributed by atoms with van der Waals surface area (Å²) in [6, 6.07) is 0. The predicted octanol–water partition coefficient (Wildman–Crippen LogP) is 0.648. The van der Waals surface area contributed by atoms with Gasteiger partial charge < -0.3 is 19.5 Å². The Morgan fingerprint density at radius 2 is 2.00 bits per heavy atom. The average molecular weight is 271 g/mol. The third-order valence-electron chi connectivity index (χ3n) is 3.63. The van der Waals surface area contributed by atoms with Crippen LogP contribution in [0.4, 0.5) is 0 Å². The molecule has 1 N–H and O–H groups in total.